The summed E-state index contributed by atoms with van der Waals surface area (Å²) in [6, 6.07) is 1.65. The van der Waals surface area contributed by atoms with Crippen molar-refractivity contribution in [3.05, 3.63) is 23.0 Å². The zero-order valence-corrected chi connectivity index (χ0v) is 13.4. The van der Waals surface area contributed by atoms with Crippen LogP contribution in [0.4, 0.5) is 0 Å². The summed E-state index contributed by atoms with van der Waals surface area (Å²) in [5, 5.41) is 13.5. The lowest BCUT2D eigenvalue weighted by molar-refractivity contribution is 0.0324. The standard InChI is InChI=1S/C14H24ClN3O2/c1-5-6-18-8-11(15)7-12(18)13(19)16-9-14(2,20)10-17(3)4/h7-8,20H,5-6,9-10H2,1-4H3,(H,16,19). The average molecular weight is 302 g/mol. The highest BCUT2D eigenvalue weighted by molar-refractivity contribution is 6.31. The molecule has 5 nitrogen and oxygen atoms in total. The predicted octanol–water partition coefficient (Wildman–Crippen LogP) is 1.59. The fourth-order valence-electron chi connectivity index (χ4n) is 2.19. The predicted molar refractivity (Wildman–Crippen MR) is 81.2 cm³/mol. The van der Waals surface area contributed by atoms with Gasteiger partial charge in [-0.15, -0.1) is 0 Å². The molecule has 114 valence electrons. The number of nitrogens with zero attached hydrogens (tertiary/aromatic N) is 2. The van der Waals surface area contributed by atoms with Crippen molar-refractivity contribution < 1.29 is 9.90 Å². The highest BCUT2D eigenvalue weighted by atomic mass is 35.5. The number of hydrogen-bond donors (Lipinski definition) is 2. The molecular formula is C14H24ClN3O2. The Morgan fingerprint density at radius 2 is 2.20 bits per heavy atom. The molecule has 0 spiro atoms. The Balaban J connectivity index is 2.67. The molecule has 0 aliphatic heterocycles. The quantitative estimate of drug-likeness (QED) is 0.804. The van der Waals surface area contributed by atoms with E-state index in [0.717, 1.165) is 13.0 Å². The Hall–Kier alpha value is -1.04. The second-order valence-corrected chi connectivity index (χ2v) is 6.09. The van der Waals surface area contributed by atoms with Crippen LogP contribution in [0.25, 0.3) is 0 Å². The van der Waals surface area contributed by atoms with Gasteiger partial charge in [-0.25, -0.2) is 0 Å². The maximum absolute atomic E-state index is 12.2. The summed E-state index contributed by atoms with van der Waals surface area (Å²) in [5.74, 6) is -0.218. The van der Waals surface area contributed by atoms with Crippen LogP contribution in [-0.2, 0) is 6.54 Å². The van der Waals surface area contributed by atoms with Crippen LogP contribution in [0.2, 0.25) is 5.02 Å². The van der Waals surface area contributed by atoms with E-state index in [1.807, 2.05) is 30.5 Å². The third-order valence-electron chi connectivity index (χ3n) is 2.85. The molecule has 0 radical (unpaired) electrons. The van der Waals surface area contributed by atoms with E-state index in [1.54, 1.807) is 19.2 Å². The van der Waals surface area contributed by atoms with Crippen molar-refractivity contribution in [3.8, 4) is 0 Å². The van der Waals surface area contributed by atoms with Gasteiger partial charge in [-0.05, 0) is 33.5 Å². The molecule has 20 heavy (non-hydrogen) atoms. The minimum absolute atomic E-state index is 0.193. The molecule has 1 aromatic heterocycles. The summed E-state index contributed by atoms with van der Waals surface area (Å²) in [4.78, 5) is 14.0. The molecule has 0 aliphatic carbocycles. The van der Waals surface area contributed by atoms with E-state index in [2.05, 4.69) is 5.32 Å². The van der Waals surface area contributed by atoms with Gasteiger partial charge in [0.15, 0.2) is 0 Å². The lowest BCUT2D eigenvalue weighted by Gasteiger charge is -2.27. The van der Waals surface area contributed by atoms with Crippen LogP contribution in [0.5, 0.6) is 0 Å². The number of hydrogen-bond acceptors (Lipinski definition) is 3. The van der Waals surface area contributed by atoms with Crippen molar-refractivity contribution in [2.75, 3.05) is 27.2 Å². The second kappa shape index (κ2) is 7.11. The van der Waals surface area contributed by atoms with E-state index in [1.165, 1.54) is 0 Å². The van der Waals surface area contributed by atoms with Gasteiger partial charge in [0.2, 0.25) is 0 Å². The van der Waals surface area contributed by atoms with E-state index in [4.69, 9.17) is 11.6 Å². The van der Waals surface area contributed by atoms with Crippen molar-refractivity contribution in [1.82, 2.24) is 14.8 Å². The summed E-state index contributed by atoms with van der Waals surface area (Å²) >= 11 is 5.95. The molecular weight excluding hydrogens is 278 g/mol. The summed E-state index contributed by atoms with van der Waals surface area (Å²) in [6.07, 6.45) is 2.67. The van der Waals surface area contributed by atoms with Crippen molar-refractivity contribution in [1.29, 1.82) is 0 Å². The summed E-state index contributed by atoms with van der Waals surface area (Å²) in [5.41, 5.74) is -0.442. The Bertz CT molecular complexity index is 455. The third kappa shape index (κ3) is 5.15. The Morgan fingerprint density at radius 3 is 2.75 bits per heavy atom. The fraction of sp³-hybridized carbons (Fsp3) is 0.643. The molecule has 0 aliphatic rings. The number of carbonyl (C=O) groups is 1. The smallest absolute Gasteiger partial charge is 0.268 e. The van der Waals surface area contributed by atoms with E-state index >= 15 is 0 Å². The average Bonchev–Trinajstić information content (AvgIpc) is 2.66. The van der Waals surface area contributed by atoms with Gasteiger partial charge in [0.25, 0.3) is 5.91 Å². The van der Waals surface area contributed by atoms with Crippen LogP contribution in [-0.4, -0.2) is 53.3 Å². The van der Waals surface area contributed by atoms with Gasteiger partial charge in [-0.2, -0.15) is 0 Å². The molecule has 0 fully saturated rings. The van der Waals surface area contributed by atoms with Gasteiger partial charge in [0.1, 0.15) is 5.69 Å². The van der Waals surface area contributed by atoms with Gasteiger partial charge in [-0.1, -0.05) is 18.5 Å². The Labute approximate surface area is 125 Å². The summed E-state index contributed by atoms with van der Waals surface area (Å²) in [6.45, 7) is 5.15. The number of nitrogens with one attached hydrogen (secondary N) is 1. The SMILES string of the molecule is CCCn1cc(Cl)cc1C(=O)NCC(C)(O)CN(C)C. The first kappa shape index (κ1) is 17.0. The van der Waals surface area contributed by atoms with E-state index in [0.29, 0.717) is 17.3 Å². The van der Waals surface area contributed by atoms with Gasteiger partial charge in [0.05, 0.1) is 10.6 Å². The number of halogens is 1. The highest BCUT2D eigenvalue weighted by Gasteiger charge is 2.23. The first-order chi connectivity index (χ1) is 9.25. The van der Waals surface area contributed by atoms with Crippen LogP contribution < -0.4 is 5.32 Å². The number of aliphatic hydroxyl groups is 1. The maximum Gasteiger partial charge on any atom is 0.268 e. The zero-order chi connectivity index (χ0) is 15.3. The first-order valence-electron chi connectivity index (χ1n) is 6.76. The molecule has 0 aromatic carbocycles. The molecule has 6 heteroatoms. The van der Waals surface area contributed by atoms with Gasteiger partial charge < -0.3 is 19.9 Å². The molecule has 0 bridgehead atoms. The fourth-order valence-corrected chi connectivity index (χ4v) is 2.41. The van der Waals surface area contributed by atoms with Crippen LogP contribution in [0.3, 0.4) is 0 Å². The molecule has 1 amide bonds. The second-order valence-electron chi connectivity index (χ2n) is 5.65. The Kier molecular flexibility index (Phi) is 6.05. The molecule has 1 aromatic rings. The number of aromatic nitrogens is 1. The van der Waals surface area contributed by atoms with E-state index in [-0.39, 0.29) is 12.5 Å². The Morgan fingerprint density at radius 1 is 1.55 bits per heavy atom. The highest BCUT2D eigenvalue weighted by Crippen LogP contribution is 2.15. The maximum atomic E-state index is 12.2. The lowest BCUT2D eigenvalue weighted by Crippen LogP contribution is -2.47. The number of likely N-dealkylation sites (N-methyl/N-ethyl adjacent to an activating group) is 1. The molecule has 1 unspecified atom stereocenters. The van der Waals surface area contributed by atoms with Gasteiger partial charge in [0, 0.05) is 25.8 Å². The van der Waals surface area contributed by atoms with Crippen LogP contribution in [0.15, 0.2) is 12.3 Å². The first-order valence-corrected chi connectivity index (χ1v) is 7.14. The number of aryl methyl sites for hydroxylation is 1. The van der Waals surface area contributed by atoms with Crippen molar-refractivity contribution in [2.45, 2.75) is 32.4 Å². The third-order valence-corrected chi connectivity index (χ3v) is 3.05. The molecule has 1 atom stereocenters. The van der Waals surface area contributed by atoms with Crippen LogP contribution >= 0.6 is 11.6 Å². The van der Waals surface area contributed by atoms with E-state index in [9.17, 15) is 9.90 Å². The minimum Gasteiger partial charge on any atom is -0.387 e. The minimum atomic E-state index is -0.967. The van der Waals surface area contributed by atoms with E-state index < -0.39 is 5.60 Å². The topological polar surface area (TPSA) is 57.5 Å². The van der Waals surface area contributed by atoms with Crippen molar-refractivity contribution in [3.63, 3.8) is 0 Å². The van der Waals surface area contributed by atoms with Crippen LogP contribution in [0.1, 0.15) is 30.8 Å². The number of amides is 1. The molecule has 0 saturated heterocycles. The van der Waals surface area contributed by atoms with Crippen molar-refractivity contribution in [2.24, 2.45) is 0 Å². The monoisotopic (exact) mass is 301 g/mol. The summed E-state index contributed by atoms with van der Waals surface area (Å²) < 4.78 is 1.83. The largest absolute Gasteiger partial charge is 0.387 e. The van der Waals surface area contributed by atoms with Gasteiger partial charge in [-0.3, -0.25) is 4.79 Å². The summed E-state index contributed by atoms with van der Waals surface area (Å²) in [7, 11) is 3.75. The normalized spacial score (nSPS) is 14.3. The molecule has 1 rings (SSSR count). The van der Waals surface area contributed by atoms with Gasteiger partial charge >= 0.3 is 0 Å². The molecule has 1 heterocycles. The van der Waals surface area contributed by atoms with Crippen LogP contribution in [0, 0.1) is 0 Å². The zero-order valence-electron chi connectivity index (χ0n) is 12.6. The molecule has 0 saturated carbocycles. The number of rotatable bonds is 7. The van der Waals surface area contributed by atoms with Crippen molar-refractivity contribution >= 4 is 17.5 Å². The molecule has 2 N–H and O–H groups in total. The number of carbonyl (C=O) groups excluding carboxylic acids is 1. The lowest BCUT2D eigenvalue weighted by atomic mass is 10.1.